The largest absolute Gasteiger partial charge is 0.356 e. The Hall–Kier alpha value is -1.53. The number of benzene rings is 1. The average Bonchev–Trinajstić information content (AvgIpc) is 2.78. The average molecular weight is 333 g/mol. The maximum absolute atomic E-state index is 12.9. The van der Waals surface area contributed by atoms with Gasteiger partial charge < -0.3 is 14.3 Å². The molecule has 0 aliphatic carbocycles. The summed E-state index contributed by atoms with van der Waals surface area (Å²) in [5.74, 6) is 2.28. The van der Waals surface area contributed by atoms with Crippen LogP contribution in [-0.4, -0.2) is 65.6 Å². The Morgan fingerprint density at radius 2 is 2.26 bits per heavy atom. The summed E-state index contributed by atoms with van der Waals surface area (Å²) < 4.78 is 5.32. The van der Waals surface area contributed by atoms with Crippen molar-refractivity contribution in [3.05, 3.63) is 30.0 Å². The summed E-state index contributed by atoms with van der Waals surface area (Å²) in [7, 11) is 4.12. The first-order chi connectivity index (χ1) is 11.1. The molecule has 2 aromatic rings. The molecule has 2 heterocycles. The first-order valence-electron chi connectivity index (χ1n) is 8.00. The molecule has 0 radical (unpaired) electrons. The van der Waals surface area contributed by atoms with Crippen molar-refractivity contribution in [3.8, 4) is 0 Å². The van der Waals surface area contributed by atoms with Gasteiger partial charge in [-0.1, -0.05) is 17.3 Å². The Morgan fingerprint density at radius 3 is 3.09 bits per heavy atom. The third-order valence-electron chi connectivity index (χ3n) is 4.11. The number of amides is 1. The van der Waals surface area contributed by atoms with Gasteiger partial charge in [0.1, 0.15) is 5.69 Å². The summed E-state index contributed by atoms with van der Waals surface area (Å²) in [6, 6.07) is 7.98. The molecule has 0 saturated carbocycles. The van der Waals surface area contributed by atoms with Crippen LogP contribution in [0.1, 0.15) is 12.1 Å². The summed E-state index contributed by atoms with van der Waals surface area (Å²) in [5, 5.41) is 5.04. The van der Waals surface area contributed by atoms with E-state index >= 15 is 0 Å². The number of thioether (sulfide) groups is 1. The van der Waals surface area contributed by atoms with Crippen LogP contribution < -0.4 is 0 Å². The van der Waals surface area contributed by atoms with Crippen molar-refractivity contribution in [2.24, 2.45) is 0 Å². The minimum absolute atomic E-state index is 0.151. The van der Waals surface area contributed by atoms with Crippen molar-refractivity contribution >= 4 is 28.6 Å². The normalized spacial score (nSPS) is 19.3. The molecule has 1 aromatic carbocycles. The highest BCUT2D eigenvalue weighted by Gasteiger charge is 2.27. The van der Waals surface area contributed by atoms with E-state index < -0.39 is 0 Å². The number of hydrogen-bond donors (Lipinski definition) is 0. The van der Waals surface area contributed by atoms with Crippen LogP contribution in [0.15, 0.2) is 28.8 Å². The van der Waals surface area contributed by atoms with E-state index in [0.717, 1.165) is 47.7 Å². The second kappa shape index (κ2) is 7.36. The Balaban J connectivity index is 1.76. The first-order valence-corrected chi connectivity index (χ1v) is 9.16. The van der Waals surface area contributed by atoms with Gasteiger partial charge in [0, 0.05) is 24.2 Å². The topological polar surface area (TPSA) is 49.6 Å². The second-order valence-electron chi connectivity index (χ2n) is 6.23. The van der Waals surface area contributed by atoms with Gasteiger partial charge in [0.25, 0.3) is 0 Å². The van der Waals surface area contributed by atoms with E-state index in [-0.39, 0.29) is 11.9 Å². The van der Waals surface area contributed by atoms with E-state index in [9.17, 15) is 4.79 Å². The van der Waals surface area contributed by atoms with E-state index in [1.165, 1.54) is 0 Å². The van der Waals surface area contributed by atoms with Crippen LogP contribution in [-0.2, 0) is 11.2 Å². The van der Waals surface area contributed by atoms with E-state index in [2.05, 4.69) is 24.2 Å². The molecule has 1 aliphatic heterocycles. The van der Waals surface area contributed by atoms with Gasteiger partial charge in [0.2, 0.25) is 5.91 Å². The molecule has 6 heteroatoms. The molecule has 1 saturated heterocycles. The van der Waals surface area contributed by atoms with Crippen LogP contribution in [0.25, 0.3) is 11.0 Å². The second-order valence-corrected chi connectivity index (χ2v) is 7.38. The van der Waals surface area contributed by atoms with Gasteiger partial charge in [-0.05, 0) is 38.4 Å². The highest BCUT2D eigenvalue weighted by atomic mass is 32.2. The lowest BCUT2D eigenvalue weighted by atomic mass is 10.1. The van der Waals surface area contributed by atoms with Crippen LogP contribution in [0.4, 0.5) is 0 Å². The van der Waals surface area contributed by atoms with Gasteiger partial charge in [-0.2, -0.15) is 11.8 Å². The quantitative estimate of drug-likeness (QED) is 0.859. The van der Waals surface area contributed by atoms with E-state index in [4.69, 9.17) is 4.52 Å². The number of rotatable bonds is 4. The third kappa shape index (κ3) is 3.87. The number of para-hydroxylation sites is 1. The van der Waals surface area contributed by atoms with Crippen LogP contribution in [0.5, 0.6) is 0 Å². The van der Waals surface area contributed by atoms with Gasteiger partial charge in [0.05, 0.1) is 12.5 Å². The van der Waals surface area contributed by atoms with Gasteiger partial charge in [-0.25, -0.2) is 0 Å². The molecule has 1 unspecified atom stereocenters. The number of aromatic nitrogens is 1. The third-order valence-corrected chi connectivity index (χ3v) is 5.30. The first kappa shape index (κ1) is 16.3. The molecular formula is C17H23N3O2S. The minimum atomic E-state index is 0.151. The molecule has 1 atom stereocenters. The van der Waals surface area contributed by atoms with Crippen molar-refractivity contribution in [1.82, 2.24) is 15.0 Å². The van der Waals surface area contributed by atoms with Gasteiger partial charge >= 0.3 is 0 Å². The number of nitrogens with zero attached hydrogens (tertiary/aromatic N) is 3. The molecule has 1 amide bonds. The lowest BCUT2D eigenvalue weighted by Gasteiger charge is -2.31. The molecule has 1 aromatic heterocycles. The van der Waals surface area contributed by atoms with Crippen molar-refractivity contribution < 1.29 is 9.32 Å². The molecular weight excluding hydrogens is 310 g/mol. The summed E-state index contributed by atoms with van der Waals surface area (Å²) in [4.78, 5) is 17.1. The van der Waals surface area contributed by atoms with Crippen LogP contribution in [0.2, 0.25) is 0 Å². The summed E-state index contributed by atoms with van der Waals surface area (Å²) in [6.45, 7) is 1.73. The highest BCUT2D eigenvalue weighted by Crippen LogP contribution is 2.21. The fourth-order valence-corrected chi connectivity index (χ4v) is 4.10. The smallest absolute Gasteiger partial charge is 0.229 e. The number of carbonyl (C=O) groups excluding carboxylic acids is 1. The fourth-order valence-electron chi connectivity index (χ4n) is 3.04. The zero-order chi connectivity index (χ0) is 16.2. The van der Waals surface area contributed by atoms with Crippen molar-refractivity contribution in [3.63, 3.8) is 0 Å². The molecule has 0 spiro atoms. The lowest BCUT2D eigenvalue weighted by molar-refractivity contribution is -0.132. The molecule has 23 heavy (non-hydrogen) atoms. The van der Waals surface area contributed by atoms with Crippen molar-refractivity contribution in [1.29, 1.82) is 0 Å². The minimum Gasteiger partial charge on any atom is -0.356 e. The maximum Gasteiger partial charge on any atom is 0.229 e. The Morgan fingerprint density at radius 1 is 1.43 bits per heavy atom. The standard InChI is InChI=1S/C17H23N3O2S/c1-19(2)11-13-12-23-9-5-8-20(13)17(21)10-15-14-6-3-4-7-16(14)22-18-15/h3-4,6-7,13H,5,8-12H2,1-2H3. The lowest BCUT2D eigenvalue weighted by Crippen LogP contribution is -2.47. The predicted octanol–water partition coefficient (Wildman–Crippen LogP) is 2.27. The number of likely N-dealkylation sites (N-methyl/N-ethyl adjacent to an activating group) is 1. The Labute approximate surface area is 141 Å². The highest BCUT2D eigenvalue weighted by molar-refractivity contribution is 7.99. The molecule has 5 nitrogen and oxygen atoms in total. The van der Waals surface area contributed by atoms with Crippen LogP contribution in [0.3, 0.4) is 0 Å². The van der Waals surface area contributed by atoms with Gasteiger partial charge in [-0.3, -0.25) is 4.79 Å². The SMILES string of the molecule is CN(C)CC1CSCCCN1C(=O)Cc1noc2ccccc12. The van der Waals surface area contributed by atoms with Crippen LogP contribution >= 0.6 is 11.8 Å². The monoisotopic (exact) mass is 333 g/mol. The summed E-state index contributed by atoms with van der Waals surface area (Å²) in [6.07, 6.45) is 1.37. The summed E-state index contributed by atoms with van der Waals surface area (Å²) in [5.41, 5.74) is 1.48. The molecule has 0 bridgehead atoms. The van der Waals surface area contributed by atoms with Crippen molar-refractivity contribution in [2.75, 3.05) is 38.7 Å². The predicted molar refractivity (Wildman–Crippen MR) is 93.7 cm³/mol. The Bertz CT molecular complexity index is 671. The van der Waals surface area contributed by atoms with Gasteiger partial charge in [0.15, 0.2) is 5.58 Å². The van der Waals surface area contributed by atoms with E-state index in [1.54, 1.807) is 0 Å². The molecule has 1 aliphatic rings. The Kier molecular flexibility index (Phi) is 5.23. The fraction of sp³-hybridized carbons (Fsp3) is 0.529. The molecule has 0 N–H and O–H groups in total. The summed E-state index contributed by atoms with van der Waals surface area (Å²) >= 11 is 1.94. The van der Waals surface area contributed by atoms with Gasteiger partial charge in [-0.15, -0.1) is 0 Å². The molecule has 3 rings (SSSR count). The number of hydrogen-bond acceptors (Lipinski definition) is 5. The van der Waals surface area contributed by atoms with Crippen molar-refractivity contribution in [2.45, 2.75) is 18.9 Å². The maximum atomic E-state index is 12.9. The number of fused-ring (bicyclic) bond motifs is 1. The van der Waals surface area contributed by atoms with Crippen LogP contribution in [0, 0.1) is 0 Å². The zero-order valence-electron chi connectivity index (χ0n) is 13.7. The molecule has 1 fully saturated rings. The zero-order valence-corrected chi connectivity index (χ0v) is 14.5. The van der Waals surface area contributed by atoms with E-state index in [1.807, 2.05) is 40.9 Å². The molecule has 124 valence electrons. The number of carbonyl (C=O) groups is 1. The van der Waals surface area contributed by atoms with E-state index in [0.29, 0.717) is 6.42 Å².